The average Bonchev–Trinajstić information content (AvgIpc) is 2.95. The molecule has 5 nitrogen and oxygen atoms in total. The highest BCUT2D eigenvalue weighted by molar-refractivity contribution is 5.89. The summed E-state index contributed by atoms with van der Waals surface area (Å²) < 4.78 is 0. The van der Waals surface area contributed by atoms with Crippen LogP contribution in [0.15, 0.2) is 12.2 Å². The summed E-state index contributed by atoms with van der Waals surface area (Å²) in [5.74, 6) is 2.18. The average molecular weight is 374 g/mol. The van der Waals surface area contributed by atoms with E-state index in [1.165, 1.54) is 25.7 Å². The van der Waals surface area contributed by atoms with Gasteiger partial charge in [0.2, 0.25) is 5.91 Å². The van der Waals surface area contributed by atoms with Gasteiger partial charge in [-0.25, -0.2) is 4.79 Å². The number of urea groups is 1. The molecule has 0 radical (unpaired) electrons. The van der Waals surface area contributed by atoms with Crippen LogP contribution in [0, 0.1) is 28.6 Å². The van der Waals surface area contributed by atoms with Crippen molar-refractivity contribution < 1.29 is 9.59 Å². The van der Waals surface area contributed by atoms with E-state index in [0.29, 0.717) is 30.3 Å². The number of carbonyl (C=O) groups is 2. The summed E-state index contributed by atoms with van der Waals surface area (Å²) in [6.45, 7) is 7.43. The van der Waals surface area contributed by atoms with Crippen molar-refractivity contribution in [3.05, 3.63) is 12.2 Å². The lowest BCUT2D eigenvalue weighted by atomic mass is 9.48. The van der Waals surface area contributed by atoms with Crippen molar-refractivity contribution in [2.24, 2.45) is 28.6 Å². The molecule has 0 bridgehead atoms. The third kappa shape index (κ3) is 2.72. The van der Waals surface area contributed by atoms with Gasteiger partial charge in [-0.15, -0.1) is 0 Å². The van der Waals surface area contributed by atoms with Gasteiger partial charge in [0.25, 0.3) is 0 Å². The number of nitrogens with one attached hydrogen (secondary N) is 2. The van der Waals surface area contributed by atoms with Gasteiger partial charge in [0.05, 0.1) is 0 Å². The molecule has 0 saturated heterocycles. The van der Waals surface area contributed by atoms with Crippen molar-refractivity contribution >= 4 is 11.9 Å². The van der Waals surface area contributed by atoms with Gasteiger partial charge >= 0.3 is 6.03 Å². The lowest BCUT2D eigenvalue weighted by Crippen LogP contribution is -2.60. The Morgan fingerprint density at radius 2 is 1.96 bits per heavy atom. The van der Waals surface area contributed by atoms with E-state index in [-0.39, 0.29) is 28.8 Å². The van der Waals surface area contributed by atoms with Crippen molar-refractivity contribution in [3.63, 3.8) is 0 Å². The number of fused-ring (bicyclic) bond motifs is 5. The normalized spacial score (nSPS) is 45.7. The molecule has 3 fully saturated rings. The summed E-state index contributed by atoms with van der Waals surface area (Å²) in [6, 6.07) is 0.607. The van der Waals surface area contributed by atoms with Gasteiger partial charge in [0.1, 0.15) is 0 Å². The van der Waals surface area contributed by atoms with E-state index in [1.807, 2.05) is 18.9 Å². The Hall–Kier alpha value is -1.52. The number of rotatable bonds is 2. The third-order valence-electron chi connectivity index (χ3n) is 8.77. The highest BCUT2D eigenvalue weighted by Gasteiger charge is 2.60. The monoisotopic (exact) mass is 373 g/mol. The largest absolute Gasteiger partial charge is 0.338 e. The fourth-order valence-corrected chi connectivity index (χ4v) is 7.35. The molecule has 3 unspecified atom stereocenters. The van der Waals surface area contributed by atoms with Gasteiger partial charge in [-0.05, 0) is 74.7 Å². The first-order valence-corrected chi connectivity index (χ1v) is 10.8. The maximum absolute atomic E-state index is 12.2. The Bertz CT molecular complexity index is 662. The number of nitrogens with zero attached hydrogens (tertiary/aromatic N) is 1. The Kier molecular flexibility index (Phi) is 4.55. The van der Waals surface area contributed by atoms with E-state index in [2.05, 4.69) is 30.6 Å². The summed E-state index contributed by atoms with van der Waals surface area (Å²) in [7, 11) is 1.98. The lowest BCUT2D eigenvalue weighted by molar-refractivity contribution is -0.138. The first-order valence-electron chi connectivity index (χ1n) is 10.8. The number of carbonyl (C=O) groups excluding carboxylic acids is 2. The number of amides is 3. The molecule has 4 aliphatic rings. The van der Waals surface area contributed by atoms with Crippen LogP contribution in [-0.4, -0.2) is 42.5 Å². The van der Waals surface area contributed by atoms with Crippen molar-refractivity contribution in [1.82, 2.24) is 15.5 Å². The van der Waals surface area contributed by atoms with Crippen molar-refractivity contribution in [2.45, 2.75) is 71.4 Å². The van der Waals surface area contributed by atoms with Crippen molar-refractivity contribution in [2.75, 3.05) is 13.6 Å². The molecule has 4 rings (SSSR count). The Balaban J connectivity index is 1.57. The maximum atomic E-state index is 12.2. The highest BCUT2D eigenvalue weighted by atomic mass is 16.2. The van der Waals surface area contributed by atoms with Crippen LogP contribution in [0.2, 0.25) is 0 Å². The van der Waals surface area contributed by atoms with E-state index in [1.54, 1.807) is 6.08 Å². The van der Waals surface area contributed by atoms with Gasteiger partial charge in [-0.2, -0.15) is 0 Å². The van der Waals surface area contributed by atoms with E-state index >= 15 is 0 Å². The van der Waals surface area contributed by atoms with Crippen LogP contribution in [0.3, 0.4) is 0 Å². The minimum absolute atomic E-state index is 0.0162. The molecule has 2 N–H and O–H groups in total. The van der Waals surface area contributed by atoms with Crippen LogP contribution in [0.4, 0.5) is 4.79 Å². The summed E-state index contributed by atoms with van der Waals surface area (Å²) in [4.78, 5) is 26.3. The van der Waals surface area contributed by atoms with Gasteiger partial charge in [0, 0.05) is 31.1 Å². The smallest absolute Gasteiger partial charge is 0.315 e. The molecule has 5 heteroatoms. The van der Waals surface area contributed by atoms with E-state index in [4.69, 9.17) is 0 Å². The summed E-state index contributed by atoms with van der Waals surface area (Å²) in [5.41, 5.74) is 0.299. The second-order valence-corrected chi connectivity index (χ2v) is 9.80. The van der Waals surface area contributed by atoms with Gasteiger partial charge in [0.15, 0.2) is 0 Å². The minimum Gasteiger partial charge on any atom is -0.338 e. The summed E-state index contributed by atoms with van der Waals surface area (Å²) >= 11 is 0. The molecular weight excluding hydrogens is 338 g/mol. The number of hydrogen-bond acceptors (Lipinski definition) is 2. The Labute approximate surface area is 163 Å². The highest BCUT2D eigenvalue weighted by Crippen LogP contribution is 2.63. The predicted octanol–water partition coefficient (Wildman–Crippen LogP) is 3.31. The zero-order valence-corrected chi connectivity index (χ0v) is 17.3. The second-order valence-electron chi connectivity index (χ2n) is 9.80. The predicted molar refractivity (Wildman–Crippen MR) is 106 cm³/mol. The first-order chi connectivity index (χ1) is 12.8. The van der Waals surface area contributed by atoms with Crippen LogP contribution in [-0.2, 0) is 4.79 Å². The molecule has 7 atom stereocenters. The molecule has 3 saturated carbocycles. The van der Waals surface area contributed by atoms with Crippen molar-refractivity contribution in [3.8, 4) is 0 Å². The summed E-state index contributed by atoms with van der Waals surface area (Å²) in [6.07, 6.45) is 11.0. The van der Waals surface area contributed by atoms with Gasteiger partial charge < -0.3 is 15.5 Å². The molecule has 3 amide bonds. The van der Waals surface area contributed by atoms with Crippen LogP contribution in [0.1, 0.15) is 59.3 Å². The molecule has 0 aromatic heterocycles. The topological polar surface area (TPSA) is 61.4 Å². The number of likely N-dealkylation sites (N-methyl/N-ethyl adjacent to an activating group) is 1. The van der Waals surface area contributed by atoms with E-state index in [9.17, 15) is 9.59 Å². The number of hydrogen-bond donors (Lipinski definition) is 2. The maximum Gasteiger partial charge on any atom is 0.315 e. The minimum atomic E-state index is -0.0162. The fourth-order valence-electron chi connectivity index (χ4n) is 7.35. The molecule has 0 spiro atoms. The molecule has 27 heavy (non-hydrogen) atoms. The molecular formula is C22H35N3O2. The first kappa shape index (κ1) is 18.8. The SMILES string of the molecule is CCNC(=O)N[C@H]1CCC2C3CC[C@H]4N(C)C(=O)C=C[C@]4(C)C3CC[C@@]21C. The quantitative estimate of drug-likeness (QED) is 0.780. The molecule has 3 aliphatic carbocycles. The molecule has 0 aromatic carbocycles. The molecule has 0 aromatic rings. The van der Waals surface area contributed by atoms with Crippen LogP contribution >= 0.6 is 0 Å². The van der Waals surface area contributed by atoms with Crippen LogP contribution < -0.4 is 10.6 Å². The molecule has 1 aliphatic heterocycles. The lowest BCUT2D eigenvalue weighted by Gasteiger charge is -2.60. The van der Waals surface area contributed by atoms with Crippen LogP contribution in [0.5, 0.6) is 0 Å². The second kappa shape index (κ2) is 6.52. The standard InChI is InChI=1S/C22H35N3O2/c1-5-23-20(27)24-17-8-7-15-14-6-9-18-22(3,13-11-19(26)25(18)4)16(14)10-12-21(15,17)2/h11,13-18H,5-10,12H2,1-4H3,(H2,23,24,27)/t14?,15?,16?,17-,18+,21-,22+/m0/s1. The third-order valence-corrected chi connectivity index (χ3v) is 8.77. The molecule has 1 heterocycles. The zero-order chi connectivity index (χ0) is 19.4. The van der Waals surface area contributed by atoms with Gasteiger partial charge in [-0.3, -0.25) is 4.79 Å². The van der Waals surface area contributed by atoms with Gasteiger partial charge in [-0.1, -0.05) is 19.9 Å². The fraction of sp³-hybridized carbons (Fsp3) is 0.818. The van der Waals surface area contributed by atoms with Crippen molar-refractivity contribution in [1.29, 1.82) is 0 Å². The Morgan fingerprint density at radius 3 is 2.70 bits per heavy atom. The summed E-state index contributed by atoms with van der Waals surface area (Å²) in [5, 5.41) is 6.17. The van der Waals surface area contributed by atoms with E-state index < -0.39 is 0 Å². The Morgan fingerprint density at radius 1 is 1.19 bits per heavy atom. The van der Waals surface area contributed by atoms with Crippen LogP contribution in [0.25, 0.3) is 0 Å². The molecule has 150 valence electrons. The van der Waals surface area contributed by atoms with E-state index in [0.717, 1.165) is 12.8 Å². The zero-order valence-electron chi connectivity index (χ0n) is 17.3.